The minimum absolute atomic E-state index is 0.0998. The standard InChI is InChI=1S/C9H15N3O3/c1-3-10-8(14)5(2)11-6-4-7(13)12-9(6)15/h5-6,11H,3-4H2,1-2H3,(H,10,14)(H,12,13,15). The van der Waals surface area contributed by atoms with Gasteiger partial charge in [0.15, 0.2) is 0 Å². The molecule has 3 amide bonds. The van der Waals surface area contributed by atoms with E-state index in [2.05, 4.69) is 16.0 Å². The Balaban J connectivity index is 2.44. The molecule has 1 aliphatic rings. The van der Waals surface area contributed by atoms with E-state index in [1.165, 1.54) is 0 Å². The van der Waals surface area contributed by atoms with E-state index in [1.807, 2.05) is 6.92 Å². The highest BCUT2D eigenvalue weighted by molar-refractivity contribution is 6.05. The predicted molar refractivity (Wildman–Crippen MR) is 52.8 cm³/mol. The van der Waals surface area contributed by atoms with Crippen LogP contribution in [0.25, 0.3) is 0 Å². The summed E-state index contributed by atoms with van der Waals surface area (Å²) in [6.07, 6.45) is 0.0998. The Hall–Kier alpha value is -1.43. The molecule has 1 saturated heterocycles. The van der Waals surface area contributed by atoms with Gasteiger partial charge in [0.25, 0.3) is 0 Å². The van der Waals surface area contributed by atoms with Crippen molar-refractivity contribution in [1.29, 1.82) is 0 Å². The van der Waals surface area contributed by atoms with Crippen LogP contribution in [-0.4, -0.2) is 36.3 Å². The first-order valence-electron chi connectivity index (χ1n) is 4.92. The fraction of sp³-hybridized carbons (Fsp3) is 0.667. The zero-order valence-corrected chi connectivity index (χ0v) is 8.79. The molecule has 2 unspecified atom stereocenters. The van der Waals surface area contributed by atoms with Crippen molar-refractivity contribution in [3.63, 3.8) is 0 Å². The van der Waals surface area contributed by atoms with Gasteiger partial charge in [0.1, 0.15) is 0 Å². The molecular formula is C9H15N3O3. The van der Waals surface area contributed by atoms with Crippen LogP contribution in [0.1, 0.15) is 20.3 Å². The van der Waals surface area contributed by atoms with Crippen molar-refractivity contribution >= 4 is 17.7 Å². The number of hydrogen-bond acceptors (Lipinski definition) is 4. The summed E-state index contributed by atoms with van der Waals surface area (Å²) >= 11 is 0. The summed E-state index contributed by atoms with van der Waals surface area (Å²) < 4.78 is 0. The largest absolute Gasteiger partial charge is 0.355 e. The first-order valence-corrected chi connectivity index (χ1v) is 4.92. The normalized spacial score (nSPS) is 22.4. The average Bonchev–Trinajstić information content (AvgIpc) is 2.45. The lowest BCUT2D eigenvalue weighted by Gasteiger charge is -2.16. The first-order chi connectivity index (χ1) is 7.04. The summed E-state index contributed by atoms with van der Waals surface area (Å²) in [5, 5.41) is 7.60. The number of likely N-dealkylation sites (N-methyl/N-ethyl adjacent to an activating group) is 1. The molecule has 6 heteroatoms. The zero-order chi connectivity index (χ0) is 11.4. The molecular weight excluding hydrogens is 198 g/mol. The second-order valence-corrected chi connectivity index (χ2v) is 3.45. The van der Waals surface area contributed by atoms with Crippen LogP contribution in [0.4, 0.5) is 0 Å². The van der Waals surface area contributed by atoms with Crippen LogP contribution in [0.5, 0.6) is 0 Å². The van der Waals surface area contributed by atoms with Crippen molar-refractivity contribution in [1.82, 2.24) is 16.0 Å². The number of imide groups is 1. The zero-order valence-electron chi connectivity index (χ0n) is 8.79. The van der Waals surface area contributed by atoms with Crippen molar-refractivity contribution in [2.75, 3.05) is 6.54 Å². The quantitative estimate of drug-likeness (QED) is 0.497. The maximum Gasteiger partial charge on any atom is 0.244 e. The van der Waals surface area contributed by atoms with Crippen molar-refractivity contribution in [3.8, 4) is 0 Å². The lowest BCUT2D eigenvalue weighted by atomic mass is 10.2. The van der Waals surface area contributed by atoms with E-state index >= 15 is 0 Å². The Kier molecular flexibility index (Phi) is 3.79. The molecule has 0 spiro atoms. The number of amides is 3. The van der Waals surface area contributed by atoms with Gasteiger partial charge < -0.3 is 5.32 Å². The van der Waals surface area contributed by atoms with Gasteiger partial charge in [0, 0.05) is 6.54 Å². The van der Waals surface area contributed by atoms with Crippen LogP contribution in [0, 0.1) is 0 Å². The molecule has 0 bridgehead atoms. The molecule has 0 aromatic heterocycles. The van der Waals surface area contributed by atoms with E-state index < -0.39 is 12.1 Å². The Morgan fingerprint density at radius 1 is 1.60 bits per heavy atom. The van der Waals surface area contributed by atoms with Crippen LogP contribution in [-0.2, 0) is 14.4 Å². The molecule has 6 nitrogen and oxygen atoms in total. The SMILES string of the molecule is CCNC(=O)C(C)NC1CC(=O)NC1=O. The second-order valence-electron chi connectivity index (χ2n) is 3.45. The molecule has 3 N–H and O–H groups in total. The van der Waals surface area contributed by atoms with E-state index in [4.69, 9.17) is 0 Å². The van der Waals surface area contributed by atoms with E-state index in [-0.39, 0.29) is 24.1 Å². The number of carbonyl (C=O) groups excluding carboxylic acids is 3. The van der Waals surface area contributed by atoms with Gasteiger partial charge in [-0.05, 0) is 13.8 Å². The minimum Gasteiger partial charge on any atom is -0.355 e. The summed E-state index contributed by atoms with van der Waals surface area (Å²) in [4.78, 5) is 33.4. The third-order valence-corrected chi connectivity index (χ3v) is 2.16. The fourth-order valence-corrected chi connectivity index (χ4v) is 1.39. The second kappa shape index (κ2) is 4.88. The van der Waals surface area contributed by atoms with Crippen LogP contribution in [0.3, 0.4) is 0 Å². The summed E-state index contributed by atoms with van der Waals surface area (Å²) in [7, 11) is 0. The van der Waals surface area contributed by atoms with Crippen molar-refractivity contribution < 1.29 is 14.4 Å². The summed E-state index contributed by atoms with van der Waals surface area (Å²) in [5.74, 6) is -0.846. The number of hydrogen-bond donors (Lipinski definition) is 3. The Morgan fingerprint density at radius 2 is 2.27 bits per heavy atom. The number of carbonyl (C=O) groups is 3. The summed E-state index contributed by atoms with van der Waals surface area (Å²) in [5.41, 5.74) is 0. The van der Waals surface area contributed by atoms with Gasteiger partial charge in [-0.2, -0.15) is 0 Å². The van der Waals surface area contributed by atoms with E-state index in [1.54, 1.807) is 6.92 Å². The lowest BCUT2D eigenvalue weighted by molar-refractivity contribution is -0.125. The number of rotatable bonds is 4. The van der Waals surface area contributed by atoms with Gasteiger partial charge in [-0.25, -0.2) is 0 Å². The molecule has 0 aromatic rings. The third kappa shape index (κ3) is 3.02. The van der Waals surface area contributed by atoms with Gasteiger partial charge in [0.05, 0.1) is 18.5 Å². The monoisotopic (exact) mass is 213 g/mol. The van der Waals surface area contributed by atoms with Crippen molar-refractivity contribution in [2.45, 2.75) is 32.4 Å². The minimum atomic E-state index is -0.588. The van der Waals surface area contributed by atoms with Gasteiger partial charge >= 0.3 is 0 Å². The Morgan fingerprint density at radius 3 is 2.73 bits per heavy atom. The van der Waals surface area contributed by atoms with Gasteiger partial charge in [0.2, 0.25) is 17.7 Å². The van der Waals surface area contributed by atoms with Gasteiger partial charge in [-0.3, -0.25) is 25.0 Å². The van der Waals surface area contributed by atoms with Crippen molar-refractivity contribution in [3.05, 3.63) is 0 Å². The molecule has 0 aromatic carbocycles. The van der Waals surface area contributed by atoms with Crippen LogP contribution in [0.15, 0.2) is 0 Å². The Bertz CT molecular complexity index is 290. The van der Waals surface area contributed by atoms with E-state index in [0.717, 1.165) is 0 Å². The molecule has 1 heterocycles. The molecule has 15 heavy (non-hydrogen) atoms. The molecule has 1 rings (SSSR count). The smallest absolute Gasteiger partial charge is 0.244 e. The maximum absolute atomic E-state index is 11.3. The Labute approximate surface area is 87.8 Å². The van der Waals surface area contributed by atoms with Gasteiger partial charge in [-0.15, -0.1) is 0 Å². The molecule has 0 radical (unpaired) electrons. The van der Waals surface area contributed by atoms with E-state index in [0.29, 0.717) is 6.54 Å². The molecule has 0 saturated carbocycles. The molecule has 1 fully saturated rings. The predicted octanol–water partition coefficient (Wildman–Crippen LogP) is -1.48. The fourth-order valence-electron chi connectivity index (χ4n) is 1.39. The van der Waals surface area contributed by atoms with Crippen LogP contribution < -0.4 is 16.0 Å². The van der Waals surface area contributed by atoms with E-state index in [9.17, 15) is 14.4 Å². The molecule has 0 aliphatic carbocycles. The third-order valence-electron chi connectivity index (χ3n) is 2.16. The highest BCUT2D eigenvalue weighted by Crippen LogP contribution is 2.02. The lowest BCUT2D eigenvalue weighted by Crippen LogP contribution is -2.48. The first kappa shape index (κ1) is 11.6. The average molecular weight is 213 g/mol. The molecule has 84 valence electrons. The molecule has 2 atom stereocenters. The van der Waals surface area contributed by atoms with Gasteiger partial charge in [-0.1, -0.05) is 0 Å². The topological polar surface area (TPSA) is 87.3 Å². The molecule has 1 aliphatic heterocycles. The summed E-state index contributed by atoms with van der Waals surface area (Å²) in [6, 6.07) is -1.07. The van der Waals surface area contributed by atoms with Crippen LogP contribution in [0.2, 0.25) is 0 Å². The van der Waals surface area contributed by atoms with Crippen LogP contribution >= 0.6 is 0 Å². The highest BCUT2D eigenvalue weighted by atomic mass is 16.2. The maximum atomic E-state index is 11.3. The van der Waals surface area contributed by atoms with Crippen molar-refractivity contribution in [2.24, 2.45) is 0 Å². The number of nitrogens with one attached hydrogen (secondary N) is 3. The highest BCUT2D eigenvalue weighted by Gasteiger charge is 2.32. The summed E-state index contributed by atoms with van der Waals surface area (Å²) in [6.45, 7) is 4.01.